The van der Waals surface area contributed by atoms with Crippen molar-refractivity contribution < 1.29 is 17.6 Å². The summed E-state index contributed by atoms with van der Waals surface area (Å²) in [5.41, 5.74) is 0.460. The third-order valence-electron chi connectivity index (χ3n) is 5.26. The van der Waals surface area contributed by atoms with Crippen molar-refractivity contribution in [1.29, 1.82) is 0 Å². The molecule has 4 rings (SSSR count). The van der Waals surface area contributed by atoms with E-state index in [1.165, 1.54) is 4.52 Å². The number of halogens is 5. The van der Waals surface area contributed by atoms with Gasteiger partial charge in [-0.25, -0.2) is 0 Å². The third-order valence-corrected chi connectivity index (χ3v) is 8.60. The zero-order valence-electron chi connectivity index (χ0n) is 13.8. The van der Waals surface area contributed by atoms with Gasteiger partial charge >= 0.3 is 168 Å². The van der Waals surface area contributed by atoms with Crippen molar-refractivity contribution in [2.45, 2.75) is 48.6 Å². The zero-order chi connectivity index (χ0) is 18.6. The van der Waals surface area contributed by atoms with E-state index < -0.39 is 26.2 Å². The van der Waals surface area contributed by atoms with Gasteiger partial charge in [0.05, 0.1) is 0 Å². The van der Waals surface area contributed by atoms with Crippen molar-refractivity contribution in [3.8, 4) is 0 Å². The molecule has 2 aromatic heterocycles. The number of aromatic nitrogens is 2. The zero-order valence-corrected chi connectivity index (χ0v) is 17.7. The normalized spacial score (nSPS) is 29.5. The van der Waals surface area contributed by atoms with E-state index in [1.807, 2.05) is 29.6 Å². The van der Waals surface area contributed by atoms with E-state index >= 15 is 0 Å². The molecule has 2 aromatic rings. The molecule has 4 atom stereocenters. The Balaban J connectivity index is 1.66. The second kappa shape index (κ2) is 6.79. The number of pyridine rings is 1. The first kappa shape index (κ1) is 18.8. The Morgan fingerprint density at radius 2 is 2.08 bits per heavy atom. The fraction of sp³-hybridized carbons (Fsp3) is 0.562. The standard InChI is InChI=1S/C16H17F4IN4Se/c1-24-8-5-6-10(13(24)9(17)7-8)22-12-4-2-3-11-14(26-16(18,19)20)15(21)23-25(11)12/h2-4,8-10,13,22H,5-7H2,1H3/t8-,9-,10-,13-/m1/s1. The summed E-state index contributed by atoms with van der Waals surface area (Å²) >= 11 is 0.198. The summed E-state index contributed by atoms with van der Waals surface area (Å²) in [6.45, 7) is 0. The number of alkyl halides is 4. The minimum atomic E-state index is -4.23. The van der Waals surface area contributed by atoms with Crippen LogP contribution in [0.1, 0.15) is 19.3 Å². The van der Waals surface area contributed by atoms with Crippen LogP contribution < -0.4 is 9.78 Å². The van der Waals surface area contributed by atoms with Gasteiger partial charge in [-0.3, -0.25) is 0 Å². The first-order chi connectivity index (χ1) is 12.2. The monoisotopic (exact) mass is 548 g/mol. The second-order valence-electron chi connectivity index (χ2n) is 6.77. The molecule has 0 aromatic carbocycles. The van der Waals surface area contributed by atoms with Crippen molar-refractivity contribution in [1.82, 2.24) is 14.5 Å². The fourth-order valence-electron chi connectivity index (χ4n) is 4.15. The molecule has 2 saturated heterocycles. The summed E-state index contributed by atoms with van der Waals surface area (Å²) in [7, 11) is 1.95. The van der Waals surface area contributed by atoms with Crippen LogP contribution in [0.3, 0.4) is 0 Å². The van der Waals surface area contributed by atoms with Gasteiger partial charge in [-0.05, 0) is 0 Å². The van der Waals surface area contributed by atoms with E-state index in [2.05, 4.69) is 15.3 Å². The second-order valence-corrected chi connectivity index (χ2v) is 10.0. The van der Waals surface area contributed by atoms with Crippen LogP contribution in [0.4, 0.5) is 23.4 Å². The summed E-state index contributed by atoms with van der Waals surface area (Å²) in [5, 5.41) is 3.44. The third kappa shape index (κ3) is 3.33. The minimum absolute atomic E-state index is 0.0854. The number of hydrogen-bond acceptors (Lipinski definition) is 3. The molecule has 0 amide bonds. The molecule has 0 unspecified atom stereocenters. The van der Waals surface area contributed by atoms with E-state index in [1.54, 1.807) is 18.2 Å². The van der Waals surface area contributed by atoms with E-state index in [-0.39, 0.29) is 22.6 Å². The Labute approximate surface area is 168 Å². The Hall–Kier alpha value is -0.581. The number of fused-ring (bicyclic) bond motifs is 3. The van der Waals surface area contributed by atoms with Gasteiger partial charge in [0.15, 0.2) is 0 Å². The molecule has 26 heavy (non-hydrogen) atoms. The Morgan fingerprint density at radius 3 is 2.81 bits per heavy atom. The molecule has 2 bridgehead atoms. The van der Waals surface area contributed by atoms with E-state index in [4.69, 9.17) is 0 Å². The van der Waals surface area contributed by atoms with Crippen molar-refractivity contribution in [2.24, 2.45) is 0 Å². The van der Waals surface area contributed by atoms with Crippen LogP contribution in [0.5, 0.6) is 0 Å². The van der Waals surface area contributed by atoms with Gasteiger partial charge < -0.3 is 0 Å². The topological polar surface area (TPSA) is 32.6 Å². The number of rotatable bonds is 3. The Bertz CT molecular complexity index is 826. The average molecular weight is 547 g/mol. The molecular formula is C16H17F4IN4Se. The van der Waals surface area contributed by atoms with Crippen LogP contribution in [0, 0.1) is 3.70 Å². The van der Waals surface area contributed by atoms with Gasteiger partial charge in [-0.2, -0.15) is 0 Å². The van der Waals surface area contributed by atoms with Gasteiger partial charge in [-0.1, -0.05) is 0 Å². The maximum atomic E-state index is 14.4. The summed E-state index contributed by atoms with van der Waals surface area (Å²) in [4.78, 5) is 2.09. The van der Waals surface area contributed by atoms with E-state index in [0.29, 0.717) is 21.5 Å². The molecule has 0 radical (unpaired) electrons. The first-order valence-electron chi connectivity index (χ1n) is 8.30. The Morgan fingerprint density at radius 1 is 1.31 bits per heavy atom. The number of nitrogens with zero attached hydrogens (tertiary/aromatic N) is 3. The van der Waals surface area contributed by atoms with Crippen LogP contribution in [0.2, 0.25) is 0 Å². The van der Waals surface area contributed by atoms with E-state index in [0.717, 1.165) is 12.8 Å². The van der Waals surface area contributed by atoms with Crippen LogP contribution >= 0.6 is 22.6 Å². The first-order valence-corrected chi connectivity index (χ1v) is 11.1. The van der Waals surface area contributed by atoms with Gasteiger partial charge in [0.2, 0.25) is 0 Å². The van der Waals surface area contributed by atoms with Crippen molar-refractivity contribution in [3.63, 3.8) is 0 Å². The molecule has 0 saturated carbocycles. The maximum absolute atomic E-state index is 14.4. The molecule has 2 fully saturated rings. The molecule has 10 heteroatoms. The predicted molar refractivity (Wildman–Crippen MR) is 101 cm³/mol. The number of hydrogen-bond donors (Lipinski definition) is 1. The number of likely N-dealkylation sites (N-methyl/N-ethyl adjacent to an activating group) is 1. The molecule has 4 heterocycles. The summed E-state index contributed by atoms with van der Waals surface area (Å²) in [5.74, 6) is 0.612. The van der Waals surface area contributed by atoms with Crippen molar-refractivity contribution in [2.75, 3.05) is 12.4 Å². The van der Waals surface area contributed by atoms with Gasteiger partial charge in [0.25, 0.3) is 0 Å². The molecule has 4 nitrogen and oxygen atoms in total. The van der Waals surface area contributed by atoms with Crippen LogP contribution in [-0.2, 0) is 0 Å². The SMILES string of the molecule is CN1[C@@H]2CC[C@@H](Nc3cccc4c([Se]C(F)(F)F)c(I)nn34)[C@H]1[C@H](F)C2. The average Bonchev–Trinajstić information content (AvgIpc) is 2.93. The molecule has 0 aliphatic carbocycles. The van der Waals surface area contributed by atoms with Gasteiger partial charge in [-0.15, -0.1) is 0 Å². The van der Waals surface area contributed by atoms with Crippen LogP contribution in [0.25, 0.3) is 5.52 Å². The number of nitrogens with one attached hydrogen (secondary N) is 1. The molecule has 2 aliphatic heterocycles. The fourth-order valence-corrected chi connectivity index (χ4v) is 6.51. The summed E-state index contributed by atoms with van der Waals surface area (Å²) in [6.07, 6.45) is 1.43. The summed E-state index contributed by atoms with van der Waals surface area (Å²) in [6, 6.07) is 5.15. The molecule has 2 aliphatic rings. The Kier molecular flexibility index (Phi) is 4.90. The van der Waals surface area contributed by atoms with Crippen LogP contribution in [-0.4, -0.2) is 65.9 Å². The molecule has 1 N–H and O–H groups in total. The predicted octanol–water partition coefficient (Wildman–Crippen LogP) is 2.77. The quantitative estimate of drug-likeness (QED) is 0.365. The molecule has 0 spiro atoms. The number of piperidine rings is 1. The van der Waals surface area contributed by atoms with Gasteiger partial charge in [0, 0.05) is 0 Å². The number of anilines is 1. The van der Waals surface area contributed by atoms with Crippen molar-refractivity contribution >= 4 is 53.3 Å². The molecule has 142 valence electrons. The van der Waals surface area contributed by atoms with Gasteiger partial charge in [0.1, 0.15) is 0 Å². The van der Waals surface area contributed by atoms with Crippen molar-refractivity contribution in [3.05, 3.63) is 21.9 Å². The van der Waals surface area contributed by atoms with E-state index in [9.17, 15) is 17.6 Å². The summed E-state index contributed by atoms with van der Waals surface area (Å²) < 4.78 is 55.3. The van der Waals surface area contributed by atoms with Crippen LogP contribution in [0.15, 0.2) is 18.2 Å². The molecular weight excluding hydrogens is 530 g/mol.